The number of carbonyl (C=O) groups is 2. The Balaban J connectivity index is 1.47. The van der Waals surface area contributed by atoms with Gasteiger partial charge in [-0.1, -0.05) is 48.5 Å². The molecule has 0 saturated carbocycles. The third-order valence-corrected chi connectivity index (χ3v) is 5.13. The summed E-state index contributed by atoms with van der Waals surface area (Å²) in [7, 11) is 0. The van der Waals surface area contributed by atoms with Crippen molar-refractivity contribution in [1.29, 1.82) is 0 Å². The second-order valence-electron chi connectivity index (χ2n) is 7.56. The number of imide groups is 1. The molecule has 2 aromatic carbocycles. The van der Waals surface area contributed by atoms with Gasteiger partial charge in [0.15, 0.2) is 5.82 Å². The molecule has 9 nitrogen and oxygen atoms in total. The van der Waals surface area contributed by atoms with Crippen molar-refractivity contribution in [3.8, 4) is 0 Å². The Morgan fingerprint density at radius 1 is 1.00 bits per heavy atom. The zero-order valence-electron chi connectivity index (χ0n) is 17.1. The largest absolute Gasteiger partial charge is 0.368 e. The van der Waals surface area contributed by atoms with E-state index in [9.17, 15) is 9.59 Å². The standard InChI is InChI=1S/C22H23N7O2/c1-22(13-12-15-8-4-2-5-9-15)18(30)29(21(31)28-22)14-17-25-19(23)27-20(26-17)24-16-10-6-3-7-11-16/h2-11H,12-14H2,1H3,(H,28,31)(H3,23,24,25,26,27). The number of nitrogens with two attached hydrogens (primary N) is 1. The molecular formula is C22H23N7O2. The van der Waals surface area contributed by atoms with E-state index < -0.39 is 11.6 Å². The van der Waals surface area contributed by atoms with E-state index in [4.69, 9.17) is 5.73 Å². The fraction of sp³-hybridized carbons (Fsp3) is 0.227. The van der Waals surface area contributed by atoms with Crippen molar-refractivity contribution in [2.24, 2.45) is 0 Å². The van der Waals surface area contributed by atoms with Crippen LogP contribution in [-0.2, 0) is 17.8 Å². The highest BCUT2D eigenvalue weighted by atomic mass is 16.2. The summed E-state index contributed by atoms with van der Waals surface area (Å²) in [6.07, 6.45) is 1.15. The molecule has 1 atom stereocenters. The van der Waals surface area contributed by atoms with Crippen LogP contribution in [0.15, 0.2) is 60.7 Å². The quantitative estimate of drug-likeness (QED) is 0.505. The number of para-hydroxylation sites is 1. The minimum atomic E-state index is -0.989. The molecule has 3 amide bonds. The number of nitrogens with one attached hydrogen (secondary N) is 2. The zero-order valence-corrected chi connectivity index (χ0v) is 17.1. The van der Waals surface area contributed by atoms with Gasteiger partial charge in [-0.05, 0) is 37.5 Å². The van der Waals surface area contributed by atoms with Crippen LogP contribution in [0.2, 0.25) is 0 Å². The Morgan fingerprint density at radius 3 is 2.39 bits per heavy atom. The SMILES string of the molecule is CC1(CCc2ccccc2)NC(=O)N(Cc2nc(N)nc(Nc3ccccc3)n2)C1=O. The van der Waals surface area contributed by atoms with Crippen LogP contribution in [0, 0.1) is 0 Å². The Kier molecular flexibility index (Phi) is 5.48. The summed E-state index contributed by atoms with van der Waals surface area (Å²) < 4.78 is 0. The average molecular weight is 417 g/mol. The Morgan fingerprint density at radius 2 is 1.68 bits per heavy atom. The predicted molar refractivity (Wildman–Crippen MR) is 116 cm³/mol. The van der Waals surface area contributed by atoms with Gasteiger partial charge in [0.05, 0.1) is 6.54 Å². The van der Waals surface area contributed by atoms with E-state index in [1.54, 1.807) is 6.92 Å². The highest BCUT2D eigenvalue weighted by Crippen LogP contribution is 2.24. The number of nitrogens with zero attached hydrogens (tertiary/aromatic N) is 4. The molecule has 1 aliphatic rings. The minimum absolute atomic E-state index is 0.00215. The molecule has 4 N–H and O–H groups in total. The molecule has 1 aromatic heterocycles. The predicted octanol–water partition coefficient (Wildman–Crippen LogP) is 2.64. The van der Waals surface area contributed by atoms with E-state index >= 15 is 0 Å². The van der Waals surface area contributed by atoms with Gasteiger partial charge in [0.25, 0.3) is 5.91 Å². The number of aromatic nitrogens is 3. The fourth-order valence-electron chi connectivity index (χ4n) is 3.46. The molecule has 0 radical (unpaired) electrons. The number of anilines is 3. The summed E-state index contributed by atoms with van der Waals surface area (Å²) in [6, 6.07) is 18.7. The number of amides is 3. The Bertz CT molecular complexity index is 1090. The van der Waals surface area contributed by atoms with Gasteiger partial charge < -0.3 is 16.4 Å². The van der Waals surface area contributed by atoms with Gasteiger partial charge in [-0.15, -0.1) is 0 Å². The van der Waals surface area contributed by atoms with E-state index in [1.807, 2.05) is 60.7 Å². The van der Waals surface area contributed by atoms with E-state index in [2.05, 4.69) is 25.6 Å². The second-order valence-corrected chi connectivity index (χ2v) is 7.56. The van der Waals surface area contributed by atoms with Crippen molar-refractivity contribution in [3.05, 3.63) is 72.1 Å². The van der Waals surface area contributed by atoms with Crippen LogP contribution in [-0.4, -0.2) is 37.3 Å². The van der Waals surface area contributed by atoms with Gasteiger partial charge >= 0.3 is 6.03 Å². The fourth-order valence-corrected chi connectivity index (χ4v) is 3.46. The maximum Gasteiger partial charge on any atom is 0.325 e. The summed E-state index contributed by atoms with van der Waals surface area (Å²) in [5.41, 5.74) is 6.71. The number of aryl methyl sites for hydroxylation is 1. The van der Waals surface area contributed by atoms with Crippen molar-refractivity contribution in [2.45, 2.75) is 31.8 Å². The van der Waals surface area contributed by atoms with Crippen molar-refractivity contribution >= 4 is 29.5 Å². The molecule has 3 aromatic rings. The molecule has 4 rings (SSSR count). The first kappa shape index (κ1) is 20.3. The lowest BCUT2D eigenvalue weighted by atomic mass is 9.93. The summed E-state index contributed by atoms with van der Waals surface area (Å²) in [4.78, 5) is 39.2. The van der Waals surface area contributed by atoms with Crippen LogP contribution < -0.4 is 16.4 Å². The lowest BCUT2D eigenvalue weighted by molar-refractivity contribution is -0.131. The van der Waals surface area contributed by atoms with Gasteiger partial charge in [0.2, 0.25) is 11.9 Å². The molecule has 0 aliphatic carbocycles. The molecule has 1 saturated heterocycles. The average Bonchev–Trinajstić information content (AvgIpc) is 2.97. The monoisotopic (exact) mass is 417 g/mol. The number of hydrogen-bond donors (Lipinski definition) is 3. The van der Waals surface area contributed by atoms with Gasteiger partial charge in [-0.25, -0.2) is 4.79 Å². The smallest absolute Gasteiger partial charge is 0.325 e. The molecule has 0 spiro atoms. The normalized spacial score (nSPS) is 18.2. The van der Waals surface area contributed by atoms with Crippen LogP contribution in [0.4, 0.5) is 22.4 Å². The Labute approximate surface area is 179 Å². The first-order valence-corrected chi connectivity index (χ1v) is 9.93. The third-order valence-electron chi connectivity index (χ3n) is 5.13. The number of urea groups is 1. The van der Waals surface area contributed by atoms with Gasteiger partial charge in [-0.2, -0.15) is 15.0 Å². The van der Waals surface area contributed by atoms with Crippen LogP contribution in [0.5, 0.6) is 0 Å². The summed E-state index contributed by atoms with van der Waals surface area (Å²) >= 11 is 0. The highest BCUT2D eigenvalue weighted by molar-refractivity contribution is 6.06. The van der Waals surface area contributed by atoms with Crippen LogP contribution in [0.1, 0.15) is 24.7 Å². The van der Waals surface area contributed by atoms with Crippen molar-refractivity contribution < 1.29 is 9.59 Å². The van der Waals surface area contributed by atoms with Crippen LogP contribution >= 0.6 is 0 Å². The molecule has 1 aliphatic heterocycles. The number of hydrogen-bond acceptors (Lipinski definition) is 7. The van der Waals surface area contributed by atoms with Crippen LogP contribution in [0.3, 0.4) is 0 Å². The summed E-state index contributed by atoms with van der Waals surface area (Å²) in [5.74, 6) is 0.154. The lowest BCUT2D eigenvalue weighted by Crippen LogP contribution is -2.44. The second kappa shape index (κ2) is 8.39. The van der Waals surface area contributed by atoms with Crippen molar-refractivity contribution in [2.75, 3.05) is 11.1 Å². The first-order valence-electron chi connectivity index (χ1n) is 9.93. The van der Waals surface area contributed by atoms with Crippen molar-refractivity contribution in [3.63, 3.8) is 0 Å². The van der Waals surface area contributed by atoms with E-state index in [0.29, 0.717) is 12.8 Å². The van der Waals surface area contributed by atoms with E-state index in [0.717, 1.165) is 16.2 Å². The number of rotatable bonds is 7. The third kappa shape index (κ3) is 4.61. The molecule has 0 bridgehead atoms. The molecule has 1 fully saturated rings. The number of carbonyl (C=O) groups excluding carboxylic acids is 2. The molecule has 158 valence electrons. The zero-order chi connectivity index (χ0) is 21.8. The van der Waals surface area contributed by atoms with Gasteiger partial charge in [0.1, 0.15) is 5.54 Å². The van der Waals surface area contributed by atoms with Crippen LogP contribution in [0.25, 0.3) is 0 Å². The maximum absolute atomic E-state index is 13.0. The maximum atomic E-state index is 13.0. The van der Waals surface area contributed by atoms with E-state index in [1.165, 1.54) is 0 Å². The topological polar surface area (TPSA) is 126 Å². The van der Waals surface area contributed by atoms with Gasteiger partial charge in [0, 0.05) is 5.69 Å². The highest BCUT2D eigenvalue weighted by Gasteiger charge is 2.47. The molecule has 31 heavy (non-hydrogen) atoms. The van der Waals surface area contributed by atoms with Gasteiger partial charge in [-0.3, -0.25) is 9.69 Å². The summed E-state index contributed by atoms with van der Waals surface area (Å²) in [6.45, 7) is 1.64. The minimum Gasteiger partial charge on any atom is -0.368 e. The molecule has 1 unspecified atom stereocenters. The Hall–Kier alpha value is -4.01. The summed E-state index contributed by atoms with van der Waals surface area (Å²) in [5, 5.41) is 5.85. The van der Waals surface area contributed by atoms with Crippen molar-refractivity contribution in [1.82, 2.24) is 25.2 Å². The first-order chi connectivity index (χ1) is 14.9. The molecule has 9 heteroatoms. The number of benzene rings is 2. The lowest BCUT2D eigenvalue weighted by Gasteiger charge is -2.21. The molecule has 2 heterocycles. The van der Waals surface area contributed by atoms with E-state index in [-0.39, 0.29) is 30.2 Å². The number of nitrogen functional groups attached to an aromatic ring is 1. The molecular weight excluding hydrogens is 394 g/mol.